The number of hydrogen-bond acceptors (Lipinski definition) is 4. The van der Waals surface area contributed by atoms with E-state index < -0.39 is 21.6 Å². The topological polar surface area (TPSA) is 86.8 Å². The maximum Gasteiger partial charge on any atom is 0.243 e. The number of rotatable bonds is 13. The summed E-state index contributed by atoms with van der Waals surface area (Å²) in [6, 6.07) is 26.0. The van der Waals surface area contributed by atoms with Crippen molar-refractivity contribution in [1.29, 1.82) is 0 Å². The number of nitrogens with zero attached hydrogens (tertiary/aromatic N) is 2. The smallest absolute Gasteiger partial charge is 0.243 e. The number of carbonyl (C=O) groups is 2. The summed E-state index contributed by atoms with van der Waals surface area (Å²) in [5, 5.41) is 3.07. The summed E-state index contributed by atoms with van der Waals surface area (Å²) in [6.07, 6.45) is 2.81. The molecule has 8 heteroatoms. The highest BCUT2D eigenvalue weighted by molar-refractivity contribution is 7.92. The minimum atomic E-state index is -3.55. The van der Waals surface area contributed by atoms with Crippen molar-refractivity contribution < 1.29 is 18.0 Å². The summed E-state index contributed by atoms with van der Waals surface area (Å²) in [5.74, 6) is -0.423. The third kappa shape index (κ3) is 10.0. The fourth-order valence-corrected chi connectivity index (χ4v) is 5.65. The fraction of sp³-hybridized carbons (Fsp3) is 0.394. The van der Waals surface area contributed by atoms with E-state index >= 15 is 0 Å². The van der Waals surface area contributed by atoms with Crippen molar-refractivity contribution in [3.05, 3.63) is 102 Å². The molecule has 0 bridgehead atoms. The first-order valence-electron chi connectivity index (χ1n) is 14.1. The van der Waals surface area contributed by atoms with Crippen molar-refractivity contribution in [2.24, 2.45) is 0 Å². The molecule has 7 nitrogen and oxygen atoms in total. The lowest BCUT2D eigenvalue weighted by atomic mass is 10.00. The Morgan fingerprint density at radius 1 is 0.829 bits per heavy atom. The predicted octanol–water partition coefficient (Wildman–Crippen LogP) is 5.35. The fourth-order valence-electron chi connectivity index (χ4n) is 4.69. The standard InChI is InChI=1S/C33H43N3O4S/c1-6-26-19-21-29(22-20-26)36(41(5,39)40)23-13-18-31(37)35(25-28-16-11-8-12-17-28)30(32(38)34-33(2,3)4)24-27-14-9-7-10-15-27/h7-12,14-17,19-22,30H,6,13,18,23-25H2,1-5H3,(H,34,38)/t30-/m0/s1. The van der Waals surface area contributed by atoms with E-state index in [9.17, 15) is 18.0 Å². The summed E-state index contributed by atoms with van der Waals surface area (Å²) in [6.45, 7) is 8.22. The van der Waals surface area contributed by atoms with E-state index in [0.29, 0.717) is 18.5 Å². The second kappa shape index (κ2) is 14.3. The lowest BCUT2D eigenvalue weighted by molar-refractivity contribution is -0.142. The van der Waals surface area contributed by atoms with Gasteiger partial charge in [0.1, 0.15) is 6.04 Å². The highest BCUT2D eigenvalue weighted by atomic mass is 32.2. The second-order valence-corrected chi connectivity index (χ2v) is 13.3. The van der Waals surface area contributed by atoms with Crippen LogP contribution >= 0.6 is 0 Å². The lowest BCUT2D eigenvalue weighted by Gasteiger charge is -2.34. The quantitative estimate of drug-likeness (QED) is 0.297. The number of aryl methyl sites for hydroxylation is 1. The first-order valence-corrected chi connectivity index (χ1v) is 16.0. The Labute approximate surface area is 245 Å². The Bertz CT molecular complexity index is 1370. The molecule has 0 fully saturated rings. The Morgan fingerprint density at radius 3 is 1.90 bits per heavy atom. The number of carbonyl (C=O) groups excluding carboxylic acids is 2. The molecular weight excluding hydrogens is 534 g/mol. The molecule has 0 heterocycles. The number of benzene rings is 3. The van der Waals surface area contributed by atoms with Crippen molar-refractivity contribution in [2.75, 3.05) is 17.1 Å². The van der Waals surface area contributed by atoms with Crippen LogP contribution in [0.5, 0.6) is 0 Å². The molecule has 3 rings (SSSR count). The maximum absolute atomic E-state index is 13.9. The molecule has 41 heavy (non-hydrogen) atoms. The third-order valence-electron chi connectivity index (χ3n) is 6.75. The van der Waals surface area contributed by atoms with Crippen molar-refractivity contribution >= 4 is 27.5 Å². The molecule has 0 radical (unpaired) electrons. The van der Waals surface area contributed by atoms with Crippen molar-refractivity contribution in [3.63, 3.8) is 0 Å². The maximum atomic E-state index is 13.9. The Kier molecular flexibility index (Phi) is 11.1. The molecule has 1 N–H and O–H groups in total. The van der Waals surface area contributed by atoms with Gasteiger partial charge in [0.2, 0.25) is 21.8 Å². The SMILES string of the molecule is CCc1ccc(N(CCCC(=O)N(Cc2ccccc2)[C@@H](Cc2ccccc2)C(=O)NC(C)(C)C)S(C)(=O)=O)cc1. The summed E-state index contributed by atoms with van der Waals surface area (Å²) < 4.78 is 26.6. The Morgan fingerprint density at radius 2 is 1.39 bits per heavy atom. The normalized spacial score (nSPS) is 12.4. The summed E-state index contributed by atoms with van der Waals surface area (Å²) >= 11 is 0. The van der Waals surface area contributed by atoms with Crippen LogP contribution in [0, 0.1) is 0 Å². The van der Waals surface area contributed by atoms with E-state index in [2.05, 4.69) is 5.32 Å². The average molecular weight is 578 g/mol. The molecule has 1 atom stereocenters. The number of sulfonamides is 1. The Balaban J connectivity index is 1.87. The van der Waals surface area contributed by atoms with Crippen LogP contribution in [0.4, 0.5) is 5.69 Å². The molecule has 0 aliphatic rings. The van der Waals surface area contributed by atoms with Crippen LogP contribution in [0.1, 0.15) is 57.2 Å². The molecule has 0 saturated heterocycles. The molecule has 3 aromatic rings. The van der Waals surface area contributed by atoms with Crippen molar-refractivity contribution in [3.8, 4) is 0 Å². The van der Waals surface area contributed by atoms with Crippen LogP contribution in [0.25, 0.3) is 0 Å². The van der Waals surface area contributed by atoms with Gasteiger partial charge in [0.05, 0.1) is 11.9 Å². The molecule has 0 aliphatic carbocycles. The monoisotopic (exact) mass is 577 g/mol. The average Bonchev–Trinajstić information content (AvgIpc) is 2.92. The number of anilines is 1. The number of nitrogens with one attached hydrogen (secondary N) is 1. The van der Waals surface area contributed by atoms with Gasteiger partial charge < -0.3 is 10.2 Å². The lowest BCUT2D eigenvalue weighted by Crippen LogP contribution is -2.54. The minimum absolute atomic E-state index is 0.0972. The van der Waals surface area contributed by atoms with Crippen LogP contribution < -0.4 is 9.62 Å². The largest absolute Gasteiger partial charge is 0.350 e. The summed E-state index contributed by atoms with van der Waals surface area (Å²) in [4.78, 5) is 29.2. The van der Waals surface area contributed by atoms with Gasteiger partial charge in [-0.25, -0.2) is 8.42 Å². The number of amides is 2. The molecule has 0 spiro atoms. The van der Waals surface area contributed by atoms with Crippen molar-refractivity contribution in [2.45, 2.75) is 71.5 Å². The van der Waals surface area contributed by atoms with E-state index in [1.807, 2.05) is 100 Å². The molecular formula is C33H43N3O4S. The third-order valence-corrected chi connectivity index (χ3v) is 7.94. The van der Waals surface area contributed by atoms with Crippen LogP contribution in [0.15, 0.2) is 84.9 Å². The molecule has 0 aliphatic heterocycles. The van der Waals surface area contributed by atoms with Gasteiger partial charge >= 0.3 is 0 Å². The zero-order chi connectivity index (χ0) is 30.0. The molecule has 220 valence electrons. The van der Waals surface area contributed by atoms with Crippen molar-refractivity contribution in [1.82, 2.24) is 10.2 Å². The zero-order valence-electron chi connectivity index (χ0n) is 24.8. The highest BCUT2D eigenvalue weighted by Gasteiger charge is 2.32. The van der Waals surface area contributed by atoms with Crippen LogP contribution in [-0.2, 0) is 39.0 Å². The van der Waals surface area contributed by atoms with Crippen LogP contribution in [-0.4, -0.2) is 49.5 Å². The Hall–Kier alpha value is -3.65. The summed E-state index contributed by atoms with van der Waals surface area (Å²) in [5.41, 5.74) is 3.08. The second-order valence-electron chi connectivity index (χ2n) is 11.4. The molecule has 3 aromatic carbocycles. The molecule has 0 saturated carbocycles. The molecule has 0 aromatic heterocycles. The van der Waals surface area contributed by atoms with Gasteiger partial charge in [-0.15, -0.1) is 0 Å². The predicted molar refractivity (Wildman–Crippen MR) is 166 cm³/mol. The van der Waals surface area contributed by atoms with Gasteiger partial charge in [-0.1, -0.05) is 79.7 Å². The molecule has 0 unspecified atom stereocenters. The highest BCUT2D eigenvalue weighted by Crippen LogP contribution is 2.21. The van der Waals surface area contributed by atoms with Gasteiger partial charge in [0.25, 0.3) is 0 Å². The first-order chi connectivity index (χ1) is 19.4. The zero-order valence-corrected chi connectivity index (χ0v) is 25.7. The van der Waals surface area contributed by atoms with Gasteiger partial charge in [-0.3, -0.25) is 13.9 Å². The van der Waals surface area contributed by atoms with Crippen LogP contribution in [0.2, 0.25) is 0 Å². The summed E-state index contributed by atoms with van der Waals surface area (Å²) in [7, 11) is -3.55. The minimum Gasteiger partial charge on any atom is -0.350 e. The van der Waals surface area contributed by atoms with E-state index in [1.165, 1.54) is 10.6 Å². The van der Waals surface area contributed by atoms with E-state index in [4.69, 9.17) is 0 Å². The first kappa shape index (κ1) is 31.9. The van der Waals surface area contributed by atoms with E-state index in [-0.39, 0.29) is 31.3 Å². The van der Waals surface area contributed by atoms with Gasteiger partial charge in [-0.2, -0.15) is 0 Å². The number of hydrogen-bond donors (Lipinski definition) is 1. The van der Waals surface area contributed by atoms with Gasteiger partial charge in [-0.05, 0) is 62.4 Å². The molecule has 2 amide bonds. The van der Waals surface area contributed by atoms with E-state index in [1.54, 1.807) is 17.0 Å². The van der Waals surface area contributed by atoms with Crippen LogP contribution in [0.3, 0.4) is 0 Å². The van der Waals surface area contributed by atoms with Gasteiger partial charge in [0.15, 0.2) is 0 Å². The van der Waals surface area contributed by atoms with E-state index in [0.717, 1.165) is 23.1 Å². The van der Waals surface area contributed by atoms with Gasteiger partial charge in [0, 0.05) is 31.5 Å².